The van der Waals surface area contributed by atoms with Gasteiger partial charge in [0, 0.05) is 35.6 Å². The van der Waals surface area contributed by atoms with Gasteiger partial charge in [-0.1, -0.05) is 18.2 Å². The highest BCUT2D eigenvalue weighted by Crippen LogP contribution is 2.08. The van der Waals surface area contributed by atoms with Crippen LogP contribution in [-0.2, 0) is 11.3 Å². The highest BCUT2D eigenvalue weighted by atomic mass is 16.1. The van der Waals surface area contributed by atoms with Gasteiger partial charge in [0.05, 0.1) is 11.9 Å². The smallest absolute Gasteiger partial charge is 0.253 e. The first kappa shape index (κ1) is 17.4. The molecule has 2 aromatic heterocycles. The van der Waals surface area contributed by atoms with Gasteiger partial charge in [0.2, 0.25) is 5.91 Å². The van der Waals surface area contributed by atoms with Gasteiger partial charge in [0.1, 0.15) is 0 Å². The van der Waals surface area contributed by atoms with E-state index in [0.29, 0.717) is 5.56 Å². The minimum Gasteiger partial charge on any atom is -0.348 e. The predicted octanol–water partition coefficient (Wildman–Crippen LogP) is 2.51. The van der Waals surface area contributed by atoms with E-state index in [-0.39, 0.29) is 18.0 Å². The number of aryl methyl sites for hydroxylation is 2. The Morgan fingerprint density at radius 1 is 1.27 bits per heavy atom. The number of hydrogen-bond donors (Lipinski definition) is 2. The third kappa shape index (κ3) is 4.16. The van der Waals surface area contributed by atoms with Gasteiger partial charge in [-0.05, 0) is 43.7 Å². The van der Waals surface area contributed by atoms with Gasteiger partial charge in [-0.25, -0.2) is 4.68 Å². The molecule has 3 rings (SSSR count). The molecule has 0 spiro atoms. The van der Waals surface area contributed by atoms with Crippen molar-refractivity contribution in [3.63, 3.8) is 0 Å². The molecule has 0 unspecified atom stereocenters. The highest BCUT2D eigenvalue weighted by Gasteiger charge is 2.06. The van der Waals surface area contributed by atoms with Crippen molar-refractivity contribution in [2.45, 2.75) is 20.4 Å². The van der Waals surface area contributed by atoms with Crippen LogP contribution in [0.3, 0.4) is 0 Å². The second kappa shape index (κ2) is 7.65. The summed E-state index contributed by atoms with van der Waals surface area (Å²) in [5, 5.41) is 7.01. The summed E-state index contributed by atoms with van der Waals surface area (Å²) in [4.78, 5) is 26.7. The van der Waals surface area contributed by atoms with E-state index >= 15 is 0 Å². The molecule has 2 heterocycles. The van der Waals surface area contributed by atoms with Crippen LogP contribution in [0.4, 0.5) is 0 Å². The van der Waals surface area contributed by atoms with Crippen LogP contribution in [0.2, 0.25) is 0 Å². The number of para-hydroxylation sites is 1. The van der Waals surface area contributed by atoms with E-state index in [0.717, 1.165) is 22.5 Å². The summed E-state index contributed by atoms with van der Waals surface area (Å²) < 4.78 is 1.74. The van der Waals surface area contributed by atoms with Crippen molar-refractivity contribution in [2.24, 2.45) is 0 Å². The minimum absolute atomic E-state index is 0.170. The zero-order valence-electron chi connectivity index (χ0n) is 14.7. The summed E-state index contributed by atoms with van der Waals surface area (Å²) in [5.41, 5.74) is 3.82. The zero-order chi connectivity index (χ0) is 18.5. The van der Waals surface area contributed by atoms with Crippen LogP contribution < -0.4 is 10.9 Å². The van der Waals surface area contributed by atoms with Crippen molar-refractivity contribution in [3.05, 3.63) is 87.6 Å². The van der Waals surface area contributed by atoms with E-state index in [1.165, 1.54) is 6.08 Å². The molecule has 26 heavy (non-hydrogen) atoms. The summed E-state index contributed by atoms with van der Waals surface area (Å²) in [6.45, 7) is 3.88. The molecule has 2 N–H and O–H groups in total. The SMILES string of the molecule is Cc1cc(C)c(CNC(=O)/C=C/c2cnn(-c3ccccc3)c2)c(=O)[nH]1. The molecule has 0 fully saturated rings. The highest BCUT2D eigenvalue weighted by molar-refractivity contribution is 5.91. The number of carbonyl (C=O) groups is 1. The second-order valence-corrected chi connectivity index (χ2v) is 6.05. The molecule has 6 heteroatoms. The Bertz CT molecular complexity index is 1000. The van der Waals surface area contributed by atoms with E-state index in [2.05, 4.69) is 15.4 Å². The van der Waals surface area contributed by atoms with E-state index in [1.54, 1.807) is 17.0 Å². The van der Waals surface area contributed by atoms with Gasteiger partial charge in [-0.2, -0.15) is 5.10 Å². The summed E-state index contributed by atoms with van der Waals surface area (Å²) in [6, 6.07) is 11.6. The average molecular weight is 348 g/mol. The molecule has 3 aromatic rings. The lowest BCUT2D eigenvalue weighted by atomic mass is 10.1. The molecule has 0 aliphatic heterocycles. The van der Waals surface area contributed by atoms with Crippen molar-refractivity contribution >= 4 is 12.0 Å². The molecule has 0 saturated heterocycles. The second-order valence-electron chi connectivity index (χ2n) is 6.05. The Labute approximate surface area is 151 Å². The number of pyridine rings is 1. The standard InChI is InChI=1S/C20H20N4O2/c1-14-10-15(2)23-20(26)18(14)12-21-19(25)9-8-16-11-22-24(13-16)17-6-4-3-5-7-17/h3-11,13H,12H2,1-2H3,(H,21,25)(H,23,26)/b9-8+. The summed E-state index contributed by atoms with van der Waals surface area (Å²) in [5.74, 6) is -0.267. The number of rotatable bonds is 5. The van der Waals surface area contributed by atoms with Crippen LogP contribution in [0.15, 0.2) is 59.7 Å². The van der Waals surface area contributed by atoms with Gasteiger partial charge in [-0.15, -0.1) is 0 Å². The number of amides is 1. The zero-order valence-corrected chi connectivity index (χ0v) is 14.7. The Morgan fingerprint density at radius 3 is 2.77 bits per heavy atom. The molecular formula is C20H20N4O2. The third-order valence-electron chi connectivity index (χ3n) is 3.98. The molecule has 0 aliphatic rings. The molecule has 0 aliphatic carbocycles. The lowest BCUT2D eigenvalue weighted by Gasteiger charge is -2.06. The molecule has 0 bridgehead atoms. The van der Waals surface area contributed by atoms with Crippen molar-refractivity contribution < 1.29 is 4.79 Å². The third-order valence-corrected chi connectivity index (χ3v) is 3.98. The average Bonchev–Trinajstić information content (AvgIpc) is 3.09. The van der Waals surface area contributed by atoms with Crippen molar-refractivity contribution in [2.75, 3.05) is 0 Å². The minimum atomic E-state index is -0.267. The van der Waals surface area contributed by atoms with Crippen LogP contribution in [0.25, 0.3) is 11.8 Å². The summed E-state index contributed by atoms with van der Waals surface area (Å²) in [6.07, 6.45) is 6.65. The maximum atomic E-state index is 12.0. The number of aromatic nitrogens is 3. The largest absolute Gasteiger partial charge is 0.348 e. The first-order chi connectivity index (χ1) is 12.5. The maximum absolute atomic E-state index is 12.0. The molecule has 1 aromatic carbocycles. The van der Waals surface area contributed by atoms with Gasteiger partial charge >= 0.3 is 0 Å². The van der Waals surface area contributed by atoms with Crippen molar-refractivity contribution in [1.29, 1.82) is 0 Å². The number of nitrogens with zero attached hydrogens (tertiary/aromatic N) is 2. The van der Waals surface area contributed by atoms with E-state index in [1.807, 2.05) is 56.4 Å². The predicted molar refractivity (Wildman–Crippen MR) is 101 cm³/mol. The number of carbonyl (C=O) groups excluding carboxylic acids is 1. The summed E-state index contributed by atoms with van der Waals surface area (Å²) >= 11 is 0. The van der Waals surface area contributed by atoms with Crippen LogP contribution >= 0.6 is 0 Å². The van der Waals surface area contributed by atoms with Crippen LogP contribution in [0.5, 0.6) is 0 Å². The summed E-state index contributed by atoms with van der Waals surface area (Å²) in [7, 11) is 0. The fourth-order valence-electron chi connectivity index (χ4n) is 2.65. The van der Waals surface area contributed by atoms with Crippen LogP contribution in [0, 0.1) is 13.8 Å². The number of nitrogens with one attached hydrogen (secondary N) is 2. The van der Waals surface area contributed by atoms with E-state index < -0.39 is 0 Å². The molecule has 0 atom stereocenters. The molecule has 0 saturated carbocycles. The topological polar surface area (TPSA) is 79.8 Å². The van der Waals surface area contributed by atoms with E-state index in [4.69, 9.17) is 0 Å². The van der Waals surface area contributed by atoms with Gasteiger partial charge in [0.15, 0.2) is 0 Å². The molecule has 6 nitrogen and oxygen atoms in total. The molecule has 0 radical (unpaired) electrons. The fraction of sp³-hybridized carbons (Fsp3) is 0.150. The van der Waals surface area contributed by atoms with Crippen LogP contribution in [-0.4, -0.2) is 20.7 Å². The number of hydrogen-bond acceptors (Lipinski definition) is 3. The van der Waals surface area contributed by atoms with Crippen molar-refractivity contribution in [1.82, 2.24) is 20.1 Å². The maximum Gasteiger partial charge on any atom is 0.253 e. The Hall–Kier alpha value is -3.41. The quantitative estimate of drug-likeness (QED) is 0.695. The number of aromatic amines is 1. The molecule has 132 valence electrons. The van der Waals surface area contributed by atoms with Gasteiger partial charge < -0.3 is 10.3 Å². The molecular weight excluding hydrogens is 328 g/mol. The Kier molecular flexibility index (Phi) is 5.12. The van der Waals surface area contributed by atoms with Crippen LogP contribution in [0.1, 0.15) is 22.4 Å². The fourth-order valence-corrected chi connectivity index (χ4v) is 2.65. The lowest BCUT2D eigenvalue weighted by Crippen LogP contribution is -2.26. The van der Waals surface area contributed by atoms with E-state index in [9.17, 15) is 9.59 Å². The lowest BCUT2D eigenvalue weighted by molar-refractivity contribution is -0.116. The van der Waals surface area contributed by atoms with Gasteiger partial charge in [-0.3, -0.25) is 9.59 Å². The molecule has 1 amide bonds. The monoisotopic (exact) mass is 348 g/mol. The number of benzene rings is 1. The Morgan fingerprint density at radius 2 is 2.04 bits per heavy atom. The van der Waals surface area contributed by atoms with Crippen molar-refractivity contribution in [3.8, 4) is 5.69 Å². The normalized spacial score (nSPS) is 11.0. The first-order valence-electron chi connectivity index (χ1n) is 8.28. The van der Waals surface area contributed by atoms with Gasteiger partial charge in [0.25, 0.3) is 5.56 Å². The Balaban J connectivity index is 1.62. The number of H-pyrrole nitrogens is 1. The first-order valence-corrected chi connectivity index (χ1v) is 8.28.